The van der Waals surface area contributed by atoms with Crippen LogP contribution in [0.5, 0.6) is 0 Å². The molecule has 0 aliphatic rings. The summed E-state index contributed by atoms with van der Waals surface area (Å²) in [6.45, 7) is 6.60. The van der Waals surface area contributed by atoms with Crippen LogP contribution in [0, 0.1) is 13.8 Å². The number of carbonyl (C=O) groups is 1. The Morgan fingerprint density at radius 1 is 1.52 bits per heavy atom. The highest BCUT2D eigenvalue weighted by Crippen LogP contribution is 2.13. The predicted octanol–water partition coefficient (Wildman–Crippen LogP) is 1.85. The molecule has 0 aliphatic carbocycles. The second kappa shape index (κ2) is 6.71. The van der Waals surface area contributed by atoms with E-state index in [1.54, 1.807) is 0 Å². The number of carbonyl (C=O) groups excluding carboxylic acids is 1. The fourth-order valence-electron chi connectivity index (χ4n) is 2.21. The first-order valence-electron chi connectivity index (χ1n) is 6.95. The Balaban J connectivity index is 1.77. The lowest BCUT2D eigenvalue weighted by Gasteiger charge is -2.15. The van der Waals surface area contributed by atoms with Gasteiger partial charge in [0, 0.05) is 24.0 Å². The van der Waals surface area contributed by atoms with Gasteiger partial charge in [-0.15, -0.1) is 11.3 Å². The molecule has 1 atom stereocenters. The summed E-state index contributed by atoms with van der Waals surface area (Å²) in [6.07, 6.45) is 1.04. The summed E-state index contributed by atoms with van der Waals surface area (Å²) in [7, 11) is 0. The van der Waals surface area contributed by atoms with Crippen LogP contribution >= 0.6 is 11.3 Å². The minimum atomic E-state index is 0.0231. The van der Waals surface area contributed by atoms with Crippen molar-refractivity contribution in [1.29, 1.82) is 0 Å². The van der Waals surface area contributed by atoms with Crippen LogP contribution in [0.25, 0.3) is 0 Å². The molecule has 0 saturated heterocycles. The SMILES string of the molecule is Cc1cc(C)n(C(C)CNC(=O)CCc2csc(N)n2)n1. The molecule has 0 fully saturated rings. The van der Waals surface area contributed by atoms with Crippen molar-refractivity contribution in [2.45, 2.75) is 39.7 Å². The van der Waals surface area contributed by atoms with Crippen LogP contribution in [0.3, 0.4) is 0 Å². The first-order valence-corrected chi connectivity index (χ1v) is 7.83. The molecule has 2 heterocycles. The zero-order valence-electron chi connectivity index (χ0n) is 12.6. The standard InChI is InChI=1S/C14H21N5OS/c1-9-6-10(2)19(18-9)11(3)7-16-13(20)5-4-12-8-21-14(15)17-12/h6,8,11H,4-5,7H2,1-3H3,(H2,15,17)(H,16,20). The predicted molar refractivity (Wildman–Crippen MR) is 84.3 cm³/mol. The number of thiazole rings is 1. The van der Waals surface area contributed by atoms with Crippen LogP contribution in [0.2, 0.25) is 0 Å². The van der Waals surface area contributed by atoms with Crippen LogP contribution in [-0.4, -0.2) is 27.2 Å². The molecular formula is C14H21N5OS. The third-order valence-electron chi connectivity index (χ3n) is 3.23. The van der Waals surface area contributed by atoms with Gasteiger partial charge < -0.3 is 11.1 Å². The van der Waals surface area contributed by atoms with Gasteiger partial charge in [0.15, 0.2) is 5.13 Å². The van der Waals surface area contributed by atoms with E-state index in [2.05, 4.69) is 15.4 Å². The maximum atomic E-state index is 11.9. The first kappa shape index (κ1) is 15.5. The summed E-state index contributed by atoms with van der Waals surface area (Å²) >= 11 is 1.40. The molecule has 0 spiro atoms. The molecule has 7 heteroatoms. The summed E-state index contributed by atoms with van der Waals surface area (Å²) in [4.78, 5) is 16.0. The second-order valence-electron chi connectivity index (χ2n) is 5.20. The lowest BCUT2D eigenvalue weighted by Crippen LogP contribution is -2.30. The highest BCUT2D eigenvalue weighted by atomic mass is 32.1. The van der Waals surface area contributed by atoms with Gasteiger partial charge in [-0.05, 0) is 33.3 Å². The van der Waals surface area contributed by atoms with E-state index in [9.17, 15) is 4.79 Å². The number of hydrogen-bond acceptors (Lipinski definition) is 5. The molecule has 2 rings (SSSR count). The van der Waals surface area contributed by atoms with E-state index in [-0.39, 0.29) is 11.9 Å². The minimum absolute atomic E-state index is 0.0231. The lowest BCUT2D eigenvalue weighted by molar-refractivity contribution is -0.121. The number of nitrogens with one attached hydrogen (secondary N) is 1. The van der Waals surface area contributed by atoms with Crippen LogP contribution in [0.1, 0.15) is 36.5 Å². The summed E-state index contributed by atoms with van der Waals surface area (Å²) < 4.78 is 1.94. The van der Waals surface area contributed by atoms with Crippen LogP contribution in [-0.2, 0) is 11.2 Å². The quantitative estimate of drug-likeness (QED) is 0.853. The van der Waals surface area contributed by atoms with Crippen molar-refractivity contribution in [3.8, 4) is 0 Å². The van der Waals surface area contributed by atoms with Crippen LogP contribution < -0.4 is 11.1 Å². The summed E-state index contributed by atoms with van der Waals surface area (Å²) in [5.41, 5.74) is 8.53. The molecule has 114 valence electrons. The molecule has 0 radical (unpaired) electrons. The van der Waals surface area contributed by atoms with E-state index < -0.39 is 0 Å². The second-order valence-corrected chi connectivity index (χ2v) is 6.09. The van der Waals surface area contributed by atoms with E-state index in [0.717, 1.165) is 17.1 Å². The van der Waals surface area contributed by atoms with Crippen LogP contribution in [0.4, 0.5) is 5.13 Å². The maximum absolute atomic E-state index is 11.9. The summed E-state index contributed by atoms with van der Waals surface area (Å²) in [6, 6.07) is 2.17. The number of hydrogen-bond donors (Lipinski definition) is 2. The van der Waals surface area contributed by atoms with Gasteiger partial charge in [-0.25, -0.2) is 4.98 Å². The van der Waals surface area contributed by atoms with Crippen molar-refractivity contribution in [2.75, 3.05) is 12.3 Å². The highest BCUT2D eigenvalue weighted by Gasteiger charge is 2.11. The Labute approximate surface area is 128 Å². The first-order chi connectivity index (χ1) is 9.95. The molecule has 2 aromatic heterocycles. The maximum Gasteiger partial charge on any atom is 0.220 e. The van der Waals surface area contributed by atoms with Gasteiger partial charge >= 0.3 is 0 Å². The molecule has 1 unspecified atom stereocenters. The number of nitrogens with two attached hydrogens (primary N) is 1. The fourth-order valence-corrected chi connectivity index (χ4v) is 2.81. The molecule has 1 amide bonds. The number of nitrogen functional groups attached to an aromatic ring is 1. The molecule has 0 bridgehead atoms. The van der Waals surface area contributed by atoms with Gasteiger partial charge in [0.25, 0.3) is 0 Å². The van der Waals surface area contributed by atoms with Gasteiger partial charge in [-0.3, -0.25) is 9.48 Å². The van der Waals surface area contributed by atoms with Gasteiger partial charge in [-0.2, -0.15) is 5.10 Å². The fraction of sp³-hybridized carbons (Fsp3) is 0.500. The number of aryl methyl sites for hydroxylation is 3. The Bertz CT molecular complexity index is 619. The van der Waals surface area contributed by atoms with Crippen LogP contribution in [0.15, 0.2) is 11.4 Å². The van der Waals surface area contributed by atoms with E-state index >= 15 is 0 Å². The van der Waals surface area contributed by atoms with Crippen molar-refractivity contribution in [1.82, 2.24) is 20.1 Å². The largest absolute Gasteiger partial charge is 0.375 e. The molecule has 6 nitrogen and oxygen atoms in total. The van der Waals surface area contributed by atoms with Crippen molar-refractivity contribution in [2.24, 2.45) is 0 Å². The molecule has 21 heavy (non-hydrogen) atoms. The van der Waals surface area contributed by atoms with Gasteiger partial charge in [0.2, 0.25) is 5.91 Å². The van der Waals surface area contributed by atoms with E-state index in [0.29, 0.717) is 24.5 Å². The van der Waals surface area contributed by atoms with Crippen molar-refractivity contribution in [3.05, 3.63) is 28.5 Å². The Hall–Kier alpha value is -1.89. The summed E-state index contributed by atoms with van der Waals surface area (Å²) in [5.74, 6) is 0.0231. The third-order valence-corrected chi connectivity index (χ3v) is 3.96. The van der Waals surface area contributed by atoms with E-state index in [4.69, 9.17) is 5.73 Å². The van der Waals surface area contributed by atoms with Crippen molar-refractivity contribution >= 4 is 22.4 Å². The van der Waals surface area contributed by atoms with Crippen molar-refractivity contribution < 1.29 is 4.79 Å². The number of aromatic nitrogens is 3. The van der Waals surface area contributed by atoms with Gasteiger partial charge in [0.05, 0.1) is 17.4 Å². The average Bonchev–Trinajstić information content (AvgIpc) is 2.99. The van der Waals surface area contributed by atoms with Gasteiger partial charge in [-0.1, -0.05) is 0 Å². The topological polar surface area (TPSA) is 85.8 Å². The molecule has 0 aromatic carbocycles. The zero-order valence-corrected chi connectivity index (χ0v) is 13.4. The summed E-state index contributed by atoms with van der Waals surface area (Å²) in [5, 5.41) is 9.80. The normalized spacial score (nSPS) is 12.3. The zero-order chi connectivity index (χ0) is 15.4. The molecule has 0 saturated carbocycles. The number of rotatable bonds is 6. The molecule has 3 N–H and O–H groups in total. The molecule has 2 aromatic rings. The number of nitrogens with zero attached hydrogens (tertiary/aromatic N) is 3. The number of anilines is 1. The Morgan fingerprint density at radius 2 is 2.29 bits per heavy atom. The third kappa shape index (κ3) is 4.29. The van der Waals surface area contributed by atoms with Crippen molar-refractivity contribution in [3.63, 3.8) is 0 Å². The highest BCUT2D eigenvalue weighted by molar-refractivity contribution is 7.13. The van der Waals surface area contributed by atoms with Gasteiger partial charge in [0.1, 0.15) is 0 Å². The monoisotopic (exact) mass is 307 g/mol. The van der Waals surface area contributed by atoms with E-state index in [1.165, 1.54) is 11.3 Å². The molecular weight excluding hydrogens is 286 g/mol. The Morgan fingerprint density at radius 3 is 2.86 bits per heavy atom. The number of amides is 1. The lowest BCUT2D eigenvalue weighted by atomic mass is 10.2. The minimum Gasteiger partial charge on any atom is -0.375 e. The smallest absolute Gasteiger partial charge is 0.220 e. The molecule has 0 aliphatic heterocycles. The average molecular weight is 307 g/mol. The van der Waals surface area contributed by atoms with E-state index in [1.807, 2.05) is 36.9 Å². The Kier molecular flexibility index (Phi) is 4.95.